The molecule has 1 heterocycles. The summed E-state index contributed by atoms with van der Waals surface area (Å²) in [7, 11) is 0. The van der Waals surface area contributed by atoms with Gasteiger partial charge in [-0.25, -0.2) is 0 Å². The molecule has 0 saturated heterocycles. The summed E-state index contributed by atoms with van der Waals surface area (Å²) in [5.74, 6) is 0. The zero-order chi connectivity index (χ0) is 27.1. The largest absolute Gasteiger partial charge is 0.386 e. The number of aliphatic hydroxyl groups is 1. The van der Waals surface area contributed by atoms with E-state index in [0.717, 1.165) is 53.5 Å². The van der Waals surface area contributed by atoms with Gasteiger partial charge in [-0.2, -0.15) is 0 Å². The van der Waals surface area contributed by atoms with Gasteiger partial charge in [0, 0.05) is 5.56 Å². The highest BCUT2D eigenvalue weighted by Crippen LogP contribution is 2.43. The lowest BCUT2D eigenvalue weighted by atomic mass is 9.79. The van der Waals surface area contributed by atoms with Gasteiger partial charge in [0.2, 0.25) is 0 Å². The van der Waals surface area contributed by atoms with E-state index in [-0.39, 0.29) is 0 Å². The Kier molecular flexibility index (Phi) is 8.55. The van der Waals surface area contributed by atoms with Gasteiger partial charge in [-0.1, -0.05) is 152 Å². The van der Waals surface area contributed by atoms with Crippen molar-refractivity contribution >= 4 is 5.71 Å². The molecule has 0 unspecified atom stereocenters. The first kappa shape index (κ1) is 26.9. The van der Waals surface area contributed by atoms with Crippen LogP contribution in [0, 0.1) is 6.92 Å². The lowest BCUT2D eigenvalue weighted by Crippen LogP contribution is -2.46. The minimum absolute atomic E-state index is 0.418. The van der Waals surface area contributed by atoms with Crippen molar-refractivity contribution in [3.05, 3.63) is 143 Å². The number of aryl methyl sites for hydroxylation is 1. The molecule has 0 aliphatic carbocycles. The molecular formula is C35H37NO3. The number of nitrogens with zero attached hydrogens (tertiary/aromatic N) is 1. The Balaban J connectivity index is 1.59. The molecule has 0 amide bonds. The number of oxime groups is 1. The van der Waals surface area contributed by atoms with Crippen LogP contribution in [-0.4, -0.2) is 29.1 Å². The molecular weight excluding hydrogens is 482 g/mol. The number of rotatable bonds is 11. The highest BCUT2D eigenvalue weighted by atomic mass is 16.7. The van der Waals surface area contributed by atoms with Gasteiger partial charge in [-0.15, -0.1) is 0 Å². The van der Waals surface area contributed by atoms with Crippen LogP contribution in [0.25, 0.3) is 0 Å². The van der Waals surface area contributed by atoms with Gasteiger partial charge in [0.25, 0.3) is 0 Å². The molecule has 0 radical (unpaired) electrons. The van der Waals surface area contributed by atoms with Crippen molar-refractivity contribution in [2.45, 2.75) is 63.4 Å². The number of unbranched alkanes of at least 4 members (excludes halogenated alkanes) is 2. The second kappa shape index (κ2) is 12.4. The predicted octanol–water partition coefficient (Wildman–Crippen LogP) is 7.42. The number of ether oxygens (including phenoxy) is 1. The van der Waals surface area contributed by atoms with Crippen LogP contribution < -0.4 is 0 Å². The molecule has 3 atom stereocenters. The zero-order valence-corrected chi connectivity index (χ0v) is 22.7. The van der Waals surface area contributed by atoms with Gasteiger partial charge in [0.05, 0.1) is 0 Å². The average Bonchev–Trinajstić information content (AvgIpc) is 3.38. The fourth-order valence-corrected chi connectivity index (χ4v) is 5.44. The van der Waals surface area contributed by atoms with Crippen LogP contribution in [0.15, 0.2) is 120 Å². The van der Waals surface area contributed by atoms with E-state index in [1.807, 2.05) is 85.8 Å². The Morgan fingerprint density at radius 2 is 1.28 bits per heavy atom. The summed E-state index contributed by atoms with van der Waals surface area (Å²) in [6.45, 7) is 4.24. The summed E-state index contributed by atoms with van der Waals surface area (Å²) < 4.78 is 7.34. The fraction of sp³-hybridized carbons (Fsp3) is 0.286. The normalized spacial score (nSPS) is 17.9. The van der Waals surface area contributed by atoms with Gasteiger partial charge in [0.15, 0.2) is 6.10 Å². The van der Waals surface area contributed by atoms with Gasteiger partial charge in [-0.05, 0) is 30.0 Å². The van der Waals surface area contributed by atoms with Crippen molar-refractivity contribution < 1.29 is 14.7 Å². The Labute approximate surface area is 231 Å². The van der Waals surface area contributed by atoms with Crippen molar-refractivity contribution in [2.75, 3.05) is 0 Å². The molecule has 4 nitrogen and oxygen atoms in total. The Hall–Kier alpha value is -3.73. The maximum absolute atomic E-state index is 11.6. The Bertz CT molecular complexity index is 1240. The van der Waals surface area contributed by atoms with Gasteiger partial charge < -0.3 is 14.7 Å². The zero-order valence-electron chi connectivity index (χ0n) is 22.7. The van der Waals surface area contributed by atoms with Crippen LogP contribution in [0.3, 0.4) is 0 Å². The molecule has 4 aromatic carbocycles. The van der Waals surface area contributed by atoms with E-state index >= 15 is 0 Å². The third-order valence-corrected chi connectivity index (χ3v) is 7.54. The quantitative estimate of drug-likeness (QED) is 0.166. The Morgan fingerprint density at radius 1 is 0.769 bits per heavy atom. The molecule has 200 valence electrons. The van der Waals surface area contributed by atoms with Gasteiger partial charge >= 0.3 is 0 Å². The summed E-state index contributed by atoms with van der Waals surface area (Å²) >= 11 is 0. The third-order valence-electron chi connectivity index (χ3n) is 7.54. The Morgan fingerprint density at radius 3 is 1.77 bits per heavy atom. The summed E-state index contributed by atoms with van der Waals surface area (Å²) in [6, 6.07) is 39.1. The van der Waals surface area contributed by atoms with Crippen LogP contribution in [0.5, 0.6) is 0 Å². The number of aliphatic hydroxyl groups excluding tert-OH is 1. The molecule has 39 heavy (non-hydrogen) atoms. The maximum Gasteiger partial charge on any atom is 0.185 e. The molecule has 0 spiro atoms. The van der Waals surface area contributed by atoms with Crippen LogP contribution in [0.1, 0.15) is 60.4 Å². The van der Waals surface area contributed by atoms with E-state index in [1.165, 1.54) is 0 Å². The molecule has 4 aromatic rings. The second-order valence-corrected chi connectivity index (χ2v) is 10.3. The topological polar surface area (TPSA) is 51.0 Å². The lowest BCUT2D eigenvalue weighted by molar-refractivity contribution is -0.136. The van der Waals surface area contributed by atoms with E-state index in [1.54, 1.807) is 0 Å². The first-order chi connectivity index (χ1) is 19.1. The molecule has 5 rings (SSSR count). The van der Waals surface area contributed by atoms with Gasteiger partial charge in [-0.3, -0.25) is 0 Å². The molecule has 0 saturated carbocycles. The standard InChI is InChI=1S/C35H37NO3/c1-3-4-8-21-31(34-33(37)32(36-39-34)27-24-22-26(2)23-25-27)38-35(28-15-9-5-10-16-28,29-17-11-6-12-18-29)30-19-13-7-14-20-30/h5-7,9-20,22-25,31,33-34,37H,3-4,8,21H2,1-2H3/t31-,33+,34-/m0/s1. The summed E-state index contributed by atoms with van der Waals surface area (Å²) in [6.07, 6.45) is 1.91. The molecule has 0 fully saturated rings. The lowest BCUT2D eigenvalue weighted by Gasteiger charge is -2.40. The minimum atomic E-state index is -0.906. The summed E-state index contributed by atoms with van der Waals surface area (Å²) in [4.78, 5) is 6.02. The summed E-state index contributed by atoms with van der Waals surface area (Å²) in [5.41, 5.74) is 4.73. The number of hydrogen-bond acceptors (Lipinski definition) is 4. The van der Waals surface area contributed by atoms with Crippen molar-refractivity contribution in [1.82, 2.24) is 0 Å². The molecule has 0 bridgehead atoms. The van der Waals surface area contributed by atoms with E-state index in [4.69, 9.17) is 9.57 Å². The SMILES string of the molecule is CCCCC[C@H](OC(c1ccccc1)(c1ccccc1)c1ccccc1)[C@@H]1ON=C(c2ccc(C)cc2)[C@H]1O. The molecule has 1 aliphatic heterocycles. The van der Waals surface area contributed by atoms with Gasteiger partial charge in [0.1, 0.15) is 23.5 Å². The predicted molar refractivity (Wildman–Crippen MR) is 157 cm³/mol. The third kappa shape index (κ3) is 5.68. The van der Waals surface area contributed by atoms with Crippen molar-refractivity contribution in [3.8, 4) is 0 Å². The highest BCUT2D eigenvalue weighted by molar-refractivity contribution is 6.04. The molecule has 1 N–H and O–H groups in total. The summed E-state index contributed by atoms with van der Waals surface area (Å²) in [5, 5.41) is 16.0. The molecule has 4 heteroatoms. The molecule has 1 aliphatic rings. The smallest absolute Gasteiger partial charge is 0.185 e. The first-order valence-electron chi connectivity index (χ1n) is 14.0. The average molecular weight is 520 g/mol. The number of hydrogen-bond donors (Lipinski definition) is 1. The monoisotopic (exact) mass is 519 g/mol. The van der Waals surface area contributed by atoms with Crippen LogP contribution in [0.2, 0.25) is 0 Å². The first-order valence-corrected chi connectivity index (χ1v) is 14.0. The van der Waals surface area contributed by atoms with E-state index in [2.05, 4.69) is 48.5 Å². The van der Waals surface area contributed by atoms with Crippen molar-refractivity contribution in [3.63, 3.8) is 0 Å². The fourth-order valence-electron chi connectivity index (χ4n) is 5.44. The van der Waals surface area contributed by atoms with E-state index in [0.29, 0.717) is 5.71 Å². The van der Waals surface area contributed by atoms with Crippen molar-refractivity contribution in [1.29, 1.82) is 0 Å². The van der Waals surface area contributed by atoms with Crippen LogP contribution in [-0.2, 0) is 15.2 Å². The van der Waals surface area contributed by atoms with E-state index < -0.39 is 23.9 Å². The maximum atomic E-state index is 11.6. The van der Waals surface area contributed by atoms with Crippen LogP contribution in [0.4, 0.5) is 0 Å². The van der Waals surface area contributed by atoms with Crippen LogP contribution >= 0.6 is 0 Å². The minimum Gasteiger partial charge on any atom is -0.386 e. The second-order valence-electron chi connectivity index (χ2n) is 10.3. The number of benzene rings is 4. The van der Waals surface area contributed by atoms with E-state index in [9.17, 15) is 5.11 Å². The van der Waals surface area contributed by atoms with Crippen molar-refractivity contribution in [2.24, 2.45) is 5.16 Å². The highest BCUT2D eigenvalue weighted by Gasteiger charge is 2.46. The molecule has 0 aromatic heterocycles.